The number of rotatable bonds is 3. The number of sulfonamides is 1. The highest BCUT2D eigenvalue weighted by Crippen LogP contribution is 2.25. The van der Waals surface area contributed by atoms with Crippen LogP contribution < -0.4 is 10.0 Å². The van der Waals surface area contributed by atoms with Gasteiger partial charge in [0.2, 0.25) is 0 Å². The van der Waals surface area contributed by atoms with Crippen molar-refractivity contribution < 1.29 is 12.8 Å². The first-order valence-electron chi connectivity index (χ1n) is 5.93. The standard InChI is InChI=1S/C14H15FN2O2S/c1-10-6-7-11(15)8-14(10)20(18,19)17(2)13-5-3-4-12(16)9-13/h3-9H,16H2,1-2H3. The van der Waals surface area contributed by atoms with Crippen molar-refractivity contribution in [2.75, 3.05) is 17.1 Å². The molecule has 106 valence electrons. The first-order valence-corrected chi connectivity index (χ1v) is 7.37. The van der Waals surface area contributed by atoms with Gasteiger partial charge < -0.3 is 5.73 Å². The molecule has 0 aromatic heterocycles. The largest absolute Gasteiger partial charge is 0.399 e. The van der Waals surface area contributed by atoms with Gasteiger partial charge in [0.05, 0.1) is 10.6 Å². The number of benzene rings is 2. The van der Waals surface area contributed by atoms with Crippen LogP contribution in [0.4, 0.5) is 15.8 Å². The lowest BCUT2D eigenvalue weighted by atomic mass is 10.2. The van der Waals surface area contributed by atoms with Crippen molar-refractivity contribution in [1.29, 1.82) is 0 Å². The summed E-state index contributed by atoms with van der Waals surface area (Å²) >= 11 is 0. The summed E-state index contributed by atoms with van der Waals surface area (Å²) in [6.45, 7) is 1.62. The van der Waals surface area contributed by atoms with E-state index < -0.39 is 15.8 Å². The first kappa shape index (κ1) is 14.3. The topological polar surface area (TPSA) is 63.4 Å². The van der Waals surface area contributed by atoms with Crippen molar-refractivity contribution in [3.8, 4) is 0 Å². The molecule has 2 rings (SSSR count). The Bertz CT molecular complexity index is 745. The highest BCUT2D eigenvalue weighted by Gasteiger charge is 2.23. The third kappa shape index (κ3) is 2.60. The lowest BCUT2D eigenvalue weighted by Crippen LogP contribution is -2.27. The van der Waals surface area contributed by atoms with Crippen LogP contribution in [-0.2, 0) is 10.0 Å². The summed E-state index contributed by atoms with van der Waals surface area (Å²) in [5.41, 5.74) is 7.02. The summed E-state index contributed by atoms with van der Waals surface area (Å²) < 4.78 is 39.5. The van der Waals surface area contributed by atoms with Gasteiger partial charge in [0.1, 0.15) is 5.82 Å². The average molecular weight is 294 g/mol. The van der Waals surface area contributed by atoms with Gasteiger partial charge in [0.15, 0.2) is 0 Å². The SMILES string of the molecule is Cc1ccc(F)cc1S(=O)(=O)N(C)c1cccc(N)c1. The van der Waals surface area contributed by atoms with Crippen molar-refractivity contribution in [2.24, 2.45) is 0 Å². The molecule has 0 amide bonds. The molecule has 0 fully saturated rings. The van der Waals surface area contributed by atoms with Crippen molar-refractivity contribution in [1.82, 2.24) is 0 Å². The lowest BCUT2D eigenvalue weighted by molar-refractivity contribution is 0.588. The zero-order valence-electron chi connectivity index (χ0n) is 11.2. The molecule has 0 saturated carbocycles. The number of nitrogens with two attached hydrogens (primary N) is 1. The van der Waals surface area contributed by atoms with E-state index in [0.29, 0.717) is 16.9 Å². The fourth-order valence-corrected chi connectivity index (χ4v) is 3.28. The van der Waals surface area contributed by atoms with E-state index in [0.717, 1.165) is 10.4 Å². The minimum atomic E-state index is -3.82. The molecular formula is C14H15FN2O2S. The summed E-state index contributed by atoms with van der Waals surface area (Å²) in [5.74, 6) is -0.588. The summed E-state index contributed by atoms with van der Waals surface area (Å²) in [4.78, 5) is -0.0533. The van der Waals surface area contributed by atoms with Crippen LogP contribution in [0.5, 0.6) is 0 Å². The molecule has 2 aromatic rings. The normalized spacial score (nSPS) is 11.3. The number of aryl methyl sites for hydroxylation is 1. The number of nitrogens with zero attached hydrogens (tertiary/aromatic N) is 1. The Hall–Kier alpha value is -2.08. The Morgan fingerprint density at radius 3 is 2.50 bits per heavy atom. The number of anilines is 2. The van der Waals surface area contributed by atoms with Crippen LogP contribution in [0.25, 0.3) is 0 Å². The van der Waals surface area contributed by atoms with Crippen LogP contribution in [0.1, 0.15) is 5.56 Å². The molecule has 0 atom stereocenters. The van der Waals surface area contributed by atoms with Crippen LogP contribution in [0.2, 0.25) is 0 Å². The minimum Gasteiger partial charge on any atom is -0.399 e. The number of hydrogen-bond donors (Lipinski definition) is 1. The number of hydrogen-bond acceptors (Lipinski definition) is 3. The van der Waals surface area contributed by atoms with Crippen LogP contribution in [0.15, 0.2) is 47.4 Å². The van der Waals surface area contributed by atoms with Crippen molar-refractivity contribution in [3.63, 3.8) is 0 Å². The molecule has 0 bridgehead atoms. The number of halogens is 1. The summed E-state index contributed by atoms with van der Waals surface area (Å²) in [6.07, 6.45) is 0. The summed E-state index contributed by atoms with van der Waals surface area (Å²) in [7, 11) is -2.41. The van der Waals surface area contributed by atoms with Gasteiger partial charge in [-0.15, -0.1) is 0 Å². The second kappa shape index (κ2) is 5.13. The van der Waals surface area contributed by atoms with E-state index in [1.807, 2.05) is 0 Å². The third-order valence-electron chi connectivity index (χ3n) is 3.02. The van der Waals surface area contributed by atoms with Gasteiger partial charge in [-0.3, -0.25) is 4.31 Å². The molecule has 0 saturated heterocycles. The zero-order chi connectivity index (χ0) is 14.9. The molecule has 0 spiro atoms. The second-order valence-electron chi connectivity index (χ2n) is 4.48. The van der Waals surface area contributed by atoms with E-state index in [-0.39, 0.29) is 4.90 Å². The van der Waals surface area contributed by atoms with Gasteiger partial charge in [0, 0.05) is 12.7 Å². The van der Waals surface area contributed by atoms with Crippen LogP contribution in [-0.4, -0.2) is 15.5 Å². The Balaban J connectivity index is 2.52. The third-order valence-corrected chi connectivity index (χ3v) is 4.95. The Labute approximate surface area is 117 Å². The monoisotopic (exact) mass is 294 g/mol. The van der Waals surface area contributed by atoms with Crippen LogP contribution >= 0.6 is 0 Å². The molecular weight excluding hydrogens is 279 g/mol. The van der Waals surface area contributed by atoms with Crippen molar-refractivity contribution in [3.05, 3.63) is 53.8 Å². The van der Waals surface area contributed by atoms with E-state index in [1.54, 1.807) is 31.2 Å². The van der Waals surface area contributed by atoms with Crippen LogP contribution in [0.3, 0.4) is 0 Å². The predicted molar refractivity (Wildman–Crippen MR) is 77.6 cm³/mol. The molecule has 4 nitrogen and oxygen atoms in total. The highest BCUT2D eigenvalue weighted by molar-refractivity contribution is 7.92. The lowest BCUT2D eigenvalue weighted by Gasteiger charge is -2.21. The fourth-order valence-electron chi connectivity index (χ4n) is 1.86. The maximum atomic E-state index is 13.3. The Kier molecular flexibility index (Phi) is 3.67. The first-order chi connectivity index (χ1) is 9.32. The van der Waals surface area contributed by atoms with Gasteiger partial charge in [-0.05, 0) is 42.8 Å². The summed E-state index contributed by atoms with van der Waals surface area (Å²) in [6, 6.07) is 10.2. The van der Waals surface area contributed by atoms with Crippen molar-refractivity contribution >= 4 is 21.4 Å². The van der Waals surface area contributed by atoms with Crippen molar-refractivity contribution in [2.45, 2.75) is 11.8 Å². The molecule has 0 aliphatic rings. The van der Waals surface area contributed by atoms with Gasteiger partial charge in [0.25, 0.3) is 10.0 Å². The van der Waals surface area contributed by atoms with Crippen LogP contribution in [0, 0.1) is 12.7 Å². The molecule has 2 N–H and O–H groups in total. The van der Waals surface area contributed by atoms with Gasteiger partial charge >= 0.3 is 0 Å². The van der Waals surface area contributed by atoms with Gasteiger partial charge in [-0.2, -0.15) is 0 Å². The number of nitrogen functional groups attached to an aromatic ring is 1. The molecule has 0 unspecified atom stereocenters. The van der Waals surface area contributed by atoms with E-state index in [4.69, 9.17) is 5.73 Å². The quantitative estimate of drug-likeness (QED) is 0.885. The summed E-state index contributed by atoms with van der Waals surface area (Å²) in [5, 5.41) is 0. The van der Waals surface area contributed by atoms with E-state index >= 15 is 0 Å². The van der Waals surface area contributed by atoms with E-state index in [2.05, 4.69) is 0 Å². The van der Waals surface area contributed by atoms with Gasteiger partial charge in [-0.1, -0.05) is 12.1 Å². The minimum absolute atomic E-state index is 0.0533. The molecule has 0 heterocycles. The maximum absolute atomic E-state index is 13.3. The Morgan fingerprint density at radius 2 is 1.85 bits per heavy atom. The molecule has 6 heteroatoms. The average Bonchev–Trinajstić information content (AvgIpc) is 2.40. The molecule has 20 heavy (non-hydrogen) atoms. The highest BCUT2D eigenvalue weighted by atomic mass is 32.2. The van der Waals surface area contributed by atoms with E-state index in [9.17, 15) is 12.8 Å². The maximum Gasteiger partial charge on any atom is 0.264 e. The fraction of sp³-hybridized carbons (Fsp3) is 0.143. The smallest absolute Gasteiger partial charge is 0.264 e. The molecule has 0 radical (unpaired) electrons. The second-order valence-corrected chi connectivity index (χ2v) is 6.42. The van der Waals surface area contributed by atoms with E-state index in [1.165, 1.54) is 19.2 Å². The molecule has 0 aliphatic carbocycles. The Morgan fingerprint density at radius 1 is 1.15 bits per heavy atom. The zero-order valence-corrected chi connectivity index (χ0v) is 12.0. The molecule has 0 aliphatic heterocycles. The van der Waals surface area contributed by atoms with Gasteiger partial charge in [-0.25, -0.2) is 12.8 Å². The molecule has 2 aromatic carbocycles. The predicted octanol–water partition coefficient (Wildman–Crippen LogP) is 2.54.